The van der Waals surface area contributed by atoms with Crippen LogP contribution in [0.4, 0.5) is 11.4 Å². The minimum Gasteiger partial charge on any atom is -0.506 e. The highest BCUT2D eigenvalue weighted by molar-refractivity contribution is 5.88. The molecule has 0 amide bonds. The summed E-state index contributed by atoms with van der Waals surface area (Å²) < 4.78 is 1.36. The van der Waals surface area contributed by atoms with Crippen LogP contribution in [0, 0.1) is 20.8 Å². The molecular formula is C19H18N4O4. The number of phenolic OH excluding ortho intramolecular Hbond substituents is 1. The number of nitrogens with zero attached hydrogens (tertiary/aromatic N) is 4. The zero-order chi connectivity index (χ0) is 19.7. The number of aromatic carboxylic acids is 1. The van der Waals surface area contributed by atoms with Crippen LogP contribution in [-0.2, 0) is 0 Å². The Morgan fingerprint density at radius 1 is 1.00 bits per heavy atom. The number of aryl methyl sites for hydroxylation is 3. The minimum atomic E-state index is -1.16. The zero-order valence-electron chi connectivity index (χ0n) is 15.0. The van der Waals surface area contributed by atoms with Crippen LogP contribution in [0.5, 0.6) is 11.6 Å². The van der Waals surface area contributed by atoms with Gasteiger partial charge in [-0.2, -0.15) is 9.78 Å². The van der Waals surface area contributed by atoms with E-state index < -0.39 is 5.97 Å². The molecular weight excluding hydrogens is 348 g/mol. The Morgan fingerprint density at radius 2 is 1.74 bits per heavy atom. The lowest BCUT2D eigenvalue weighted by Gasteiger charge is -2.06. The van der Waals surface area contributed by atoms with Gasteiger partial charge in [-0.05, 0) is 62.2 Å². The largest absolute Gasteiger partial charge is 0.506 e. The van der Waals surface area contributed by atoms with Crippen LogP contribution < -0.4 is 0 Å². The molecule has 0 aliphatic heterocycles. The Balaban J connectivity index is 1.96. The molecule has 8 nitrogen and oxygen atoms in total. The van der Waals surface area contributed by atoms with Gasteiger partial charge >= 0.3 is 5.97 Å². The molecule has 0 bridgehead atoms. The van der Waals surface area contributed by atoms with Crippen molar-refractivity contribution in [2.75, 3.05) is 0 Å². The molecule has 0 fully saturated rings. The van der Waals surface area contributed by atoms with Crippen molar-refractivity contribution in [3.63, 3.8) is 0 Å². The maximum absolute atomic E-state index is 10.9. The van der Waals surface area contributed by atoms with Crippen molar-refractivity contribution in [3.8, 4) is 17.3 Å². The van der Waals surface area contributed by atoms with Gasteiger partial charge in [-0.25, -0.2) is 4.79 Å². The molecule has 3 aromatic rings. The lowest BCUT2D eigenvalue weighted by molar-refractivity contribution is 0.0696. The van der Waals surface area contributed by atoms with Gasteiger partial charge in [-0.3, -0.25) is 0 Å². The molecule has 0 spiro atoms. The first-order valence-electron chi connectivity index (χ1n) is 8.12. The molecule has 0 radical (unpaired) electrons. The Kier molecular flexibility index (Phi) is 4.64. The van der Waals surface area contributed by atoms with Gasteiger partial charge in [0, 0.05) is 0 Å². The van der Waals surface area contributed by atoms with Crippen molar-refractivity contribution in [2.24, 2.45) is 10.2 Å². The number of hydrogen-bond acceptors (Lipinski definition) is 6. The van der Waals surface area contributed by atoms with Crippen LogP contribution in [0.1, 0.15) is 27.2 Å². The normalized spacial score (nSPS) is 11.2. The summed E-state index contributed by atoms with van der Waals surface area (Å²) in [6.45, 7) is 5.64. The molecule has 2 aromatic carbocycles. The predicted molar refractivity (Wildman–Crippen MR) is 98.7 cm³/mol. The van der Waals surface area contributed by atoms with Gasteiger partial charge in [0.1, 0.15) is 11.4 Å². The van der Waals surface area contributed by atoms with Crippen molar-refractivity contribution in [1.29, 1.82) is 0 Å². The molecule has 8 heteroatoms. The SMILES string of the molecule is Cc1ccc(-n2nc(C)c(/N=N/c3ccc(C(=O)O)cc3O)c2O)cc1C. The molecule has 3 rings (SSSR count). The summed E-state index contributed by atoms with van der Waals surface area (Å²) in [5, 5.41) is 41.5. The van der Waals surface area contributed by atoms with Crippen molar-refractivity contribution in [1.82, 2.24) is 9.78 Å². The van der Waals surface area contributed by atoms with Crippen molar-refractivity contribution in [3.05, 3.63) is 58.8 Å². The molecule has 0 aliphatic carbocycles. The second-order valence-corrected chi connectivity index (χ2v) is 6.15. The Bertz CT molecular complexity index is 1070. The number of benzene rings is 2. The number of aromatic nitrogens is 2. The molecule has 0 saturated carbocycles. The molecule has 0 atom stereocenters. The van der Waals surface area contributed by atoms with Crippen molar-refractivity contribution >= 4 is 17.3 Å². The lowest BCUT2D eigenvalue weighted by atomic mass is 10.1. The van der Waals surface area contributed by atoms with E-state index in [-0.39, 0.29) is 28.6 Å². The maximum atomic E-state index is 10.9. The van der Waals surface area contributed by atoms with Crippen LogP contribution in [0.15, 0.2) is 46.6 Å². The summed E-state index contributed by atoms with van der Waals surface area (Å²) in [5.74, 6) is -1.66. The summed E-state index contributed by atoms with van der Waals surface area (Å²) in [6, 6.07) is 9.40. The van der Waals surface area contributed by atoms with Crippen LogP contribution in [-0.4, -0.2) is 31.1 Å². The number of carbonyl (C=O) groups is 1. The fourth-order valence-electron chi connectivity index (χ4n) is 2.51. The van der Waals surface area contributed by atoms with E-state index in [1.54, 1.807) is 6.92 Å². The van der Waals surface area contributed by atoms with Crippen molar-refractivity contribution < 1.29 is 20.1 Å². The summed E-state index contributed by atoms with van der Waals surface area (Å²) in [7, 11) is 0. The van der Waals surface area contributed by atoms with Gasteiger partial charge in [0.15, 0.2) is 5.69 Å². The third-order valence-electron chi connectivity index (χ3n) is 4.22. The maximum Gasteiger partial charge on any atom is 0.335 e. The fourth-order valence-corrected chi connectivity index (χ4v) is 2.51. The first kappa shape index (κ1) is 18.1. The monoisotopic (exact) mass is 366 g/mol. The topological polar surface area (TPSA) is 120 Å². The second-order valence-electron chi connectivity index (χ2n) is 6.15. The molecule has 0 unspecified atom stereocenters. The second kappa shape index (κ2) is 6.91. The Labute approximate surface area is 155 Å². The number of carboxylic acids is 1. The summed E-state index contributed by atoms with van der Waals surface area (Å²) in [6.07, 6.45) is 0. The molecule has 3 N–H and O–H groups in total. The van der Waals surface area contributed by atoms with E-state index in [0.717, 1.165) is 17.2 Å². The standard InChI is InChI=1S/C19H18N4O4/c1-10-4-6-14(8-11(10)2)23-18(25)17(12(3)22-23)21-20-15-7-5-13(19(26)27)9-16(15)24/h4-9,24-25H,1-3H3,(H,26,27)/b21-20+. The average molecular weight is 366 g/mol. The van der Waals surface area contributed by atoms with Crippen molar-refractivity contribution in [2.45, 2.75) is 20.8 Å². The highest BCUT2D eigenvalue weighted by Gasteiger charge is 2.16. The summed E-state index contributed by atoms with van der Waals surface area (Å²) in [4.78, 5) is 10.9. The fraction of sp³-hybridized carbons (Fsp3) is 0.158. The third kappa shape index (κ3) is 3.50. The van der Waals surface area contributed by atoms with Crippen LogP contribution in [0.25, 0.3) is 5.69 Å². The van der Waals surface area contributed by atoms with E-state index in [1.807, 2.05) is 32.0 Å². The predicted octanol–water partition coefficient (Wildman–Crippen LogP) is 4.32. The number of carboxylic acid groups (broad SMARTS) is 1. The van der Waals surface area contributed by atoms with Crippen LogP contribution >= 0.6 is 0 Å². The first-order valence-corrected chi connectivity index (χ1v) is 8.12. The number of rotatable bonds is 4. The van der Waals surface area contributed by atoms with Gasteiger partial charge in [0.25, 0.3) is 0 Å². The number of aromatic hydroxyl groups is 2. The Morgan fingerprint density at radius 3 is 2.37 bits per heavy atom. The number of phenols is 1. The Hall–Kier alpha value is -3.68. The molecule has 1 aromatic heterocycles. The van der Waals surface area contributed by atoms with Gasteiger partial charge in [0.05, 0.1) is 16.9 Å². The zero-order valence-corrected chi connectivity index (χ0v) is 15.0. The van der Waals surface area contributed by atoms with Crippen LogP contribution in [0.3, 0.4) is 0 Å². The van der Waals surface area contributed by atoms with Crippen LogP contribution in [0.2, 0.25) is 0 Å². The highest BCUT2D eigenvalue weighted by Crippen LogP contribution is 2.35. The number of azo groups is 1. The van der Waals surface area contributed by atoms with Gasteiger partial charge in [0.2, 0.25) is 5.88 Å². The summed E-state index contributed by atoms with van der Waals surface area (Å²) in [5.41, 5.74) is 3.51. The molecule has 0 saturated heterocycles. The van der Waals surface area contributed by atoms with E-state index in [4.69, 9.17) is 5.11 Å². The van der Waals surface area contributed by atoms with E-state index in [1.165, 1.54) is 16.8 Å². The molecule has 27 heavy (non-hydrogen) atoms. The summed E-state index contributed by atoms with van der Waals surface area (Å²) >= 11 is 0. The smallest absolute Gasteiger partial charge is 0.335 e. The lowest BCUT2D eigenvalue weighted by Crippen LogP contribution is -1.97. The van der Waals surface area contributed by atoms with Gasteiger partial charge < -0.3 is 15.3 Å². The molecule has 1 heterocycles. The molecule has 138 valence electrons. The first-order chi connectivity index (χ1) is 12.8. The van der Waals surface area contributed by atoms with Gasteiger partial charge in [-0.15, -0.1) is 10.2 Å². The average Bonchev–Trinajstić information content (AvgIpc) is 2.90. The van der Waals surface area contributed by atoms with E-state index in [9.17, 15) is 15.0 Å². The highest BCUT2D eigenvalue weighted by atomic mass is 16.4. The quantitative estimate of drug-likeness (QED) is 0.594. The van der Waals surface area contributed by atoms with E-state index in [0.29, 0.717) is 11.4 Å². The van der Waals surface area contributed by atoms with E-state index >= 15 is 0 Å². The number of hydrogen-bond donors (Lipinski definition) is 3. The van der Waals surface area contributed by atoms with E-state index in [2.05, 4.69) is 15.3 Å². The van der Waals surface area contributed by atoms with Gasteiger partial charge in [-0.1, -0.05) is 6.07 Å². The minimum absolute atomic E-state index is 0.0620. The third-order valence-corrected chi connectivity index (χ3v) is 4.22. The molecule has 0 aliphatic rings.